The topological polar surface area (TPSA) is 24.1 Å². The highest BCUT2D eigenvalue weighted by Gasteiger charge is 1.89. The summed E-state index contributed by atoms with van der Waals surface area (Å²) in [6.45, 7) is 8.72. The fraction of sp³-hybridized carbons (Fsp3) is 1.00. The molecule has 0 saturated carbocycles. The molecular formula is C8H20N2S2. The third kappa shape index (κ3) is 10.6. The summed E-state index contributed by atoms with van der Waals surface area (Å²) in [6, 6.07) is 0. The monoisotopic (exact) mass is 208 g/mol. The third-order valence-electron chi connectivity index (χ3n) is 1.31. The van der Waals surface area contributed by atoms with Crippen LogP contribution in [-0.4, -0.2) is 37.7 Å². The standard InChI is InChI=1S/C8H20N2S2/c1-3-9-5-7-11-12-8-6-10-4-2/h9-10H,3-8H2,1-2H3. The molecule has 74 valence electrons. The van der Waals surface area contributed by atoms with Crippen molar-refractivity contribution in [3.05, 3.63) is 0 Å². The van der Waals surface area contributed by atoms with Crippen LogP contribution in [0.25, 0.3) is 0 Å². The Balaban J connectivity index is 2.73. The van der Waals surface area contributed by atoms with Gasteiger partial charge >= 0.3 is 0 Å². The molecule has 0 aromatic heterocycles. The number of hydrogen-bond donors (Lipinski definition) is 2. The quantitative estimate of drug-likeness (QED) is 0.444. The molecule has 0 atom stereocenters. The van der Waals surface area contributed by atoms with Gasteiger partial charge in [0.15, 0.2) is 0 Å². The van der Waals surface area contributed by atoms with Gasteiger partial charge in [-0.15, -0.1) is 0 Å². The second kappa shape index (κ2) is 11.6. The molecule has 12 heavy (non-hydrogen) atoms. The minimum absolute atomic E-state index is 1.09. The van der Waals surface area contributed by atoms with E-state index < -0.39 is 0 Å². The van der Waals surface area contributed by atoms with Gasteiger partial charge in [-0.05, 0) is 13.1 Å². The van der Waals surface area contributed by atoms with E-state index in [-0.39, 0.29) is 0 Å². The zero-order valence-electron chi connectivity index (χ0n) is 8.06. The van der Waals surface area contributed by atoms with E-state index in [0.717, 1.165) is 26.2 Å². The van der Waals surface area contributed by atoms with Gasteiger partial charge < -0.3 is 10.6 Å². The first-order chi connectivity index (χ1) is 5.91. The lowest BCUT2D eigenvalue weighted by atomic mass is 10.7. The molecule has 2 nitrogen and oxygen atoms in total. The van der Waals surface area contributed by atoms with Gasteiger partial charge in [-0.3, -0.25) is 0 Å². The van der Waals surface area contributed by atoms with Gasteiger partial charge in [0, 0.05) is 24.6 Å². The molecule has 0 radical (unpaired) electrons. The van der Waals surface area contributed by atoms with Crippen molar-refractivity contribution in [2.24, 2.45) is 0 Å². The summed E-state index contributed by atoms with van der Waals surface area (Å²) in [5, 5.41) is 6.60. The number of hydrogen-bond acceptors (Lipinski definition) is 4. The van der Waals surface area contributed by atoms with Gasteiger partial charge in [-0.2, -0.15) is 0 Å². The highest BCUT2D eigenvalue weighted by molar-refractivity contribution is 8.76. The third-order valence-corrected chi connectivity index (χ3v) is 3.72. The van der Waals surface area contributed by atoms with E-state index in [1.165, 1.54) is 11.5 Å². The Kier molecular flexibility index (Phi) is 12.2. The first kappa shape index (κ1) is 12.6. The fourth-order valence-corrected chi connectivity index (χ4v) is 2.60. The lowest BCUT2D eigenvalue weighted by Gasteiger charge is -2.02. The van der Waals surface area contributed by atoms with Gasteiger partial charge in [0.25, 0.3) is 0 Å². The Morgan fingerprint density at radius 1 is 0.833 bits per heavy atom. The van der Waals surface area contributed by atoms with Crippen molar-refractivity contribution < 1.29 is 0 Å². The summed E-state index contributed by atoms with van der Waals surface area (Å²) < 4.78 is 0. The van der Waals surface area contributed by atoms with E-state index in [1.54, 1.807) is 0 Å². The molecule has 0 unspecified atom stereocenters. The number of nitrogens with one attached hydrogen (secondary N) is 2. The van der Waals surface area contributed by atoms with Crippen LogP contribution in [0.5, 0.6) is 0 Å². The second-order valence-electron chi connectivity index (χ2n) is 2.35. The van der Waals surface area contributed by atoms with Crippen LogP contribution < -0.4 is 10.6 Å². The zero-order chi connectivity index (χ0) is 9.07. The van der Waals surface area contributed by atoms with Crippen molar-refractivity contribution in [3.63, 3.8) is 0 Å². The van der Waals surface area contributed by atoms with E-state index in [4.69, 9.17) is 0 Å². The van der Waals surface area contributed by atoms with Crippen molar-refractivity contribution in [1.82, 2.24) is 10.6 Å². The van der Waals surface area contributed by atoms with Gasteiger partial charge in [-0.1, -0.05) is 35.4 Å². The Morgan fingerprint density at radius 3 is 1.58 bits per heavy atom. The second-order valence-corrected chi connectivity index (χ2v) is 5.05. The fourth-order valence-electron chi connectivity index (χ4n) is 0.699. The lowest BCUT2D eigenvalue weighted by Crippen LogP contribution is -2.16. The van der Waals surface area contributed by atoms with Crippen molar-refractivity contribution in [2.45, 2.75) is 13.8 Å². The van der Waals surface area contributed by atoms with E-state index in [0.29, 0.717) is 0 Å². The summed E-state index contributed by atoms with van der Waals surface area (Å²) in [5.41, 5.74) is 0. The van der Waals surface area contributed by atoms with Crippen molar-refractivity contribution in [2.75, 3.05) is 37.7 Å². The van der Waals surface area contributed by atoms with Crippen LogP contribution in [-0.2, 0) is 0 Å². The molecule has 0 aliphatic heterocycles. The SMILES string of the molecule is CCNCCSSCCNCC. The Morgan fingerprint density at radius 2 is 1.25 bits per heavy atom. The zero-order valence-corrected chi connectivity index (χ0v) is 9.69. The molecule has 0 aromatic carbocycles. The summed E-state index contributed by atoms with van der Waals surface area (Å²) >= 11 is 0. The van der Waals surface area contributed by atoms with Crippen molar-refractivity contribution in [3.8, 4) is 0 Å². The maximum atomic E-state index is 3.30. The molecular weight excluding hydrogens is 188 g/mol. The van der Waals surface area contributed by atoms with Gasteiger partial charge in [0.2, 0.25) is 0 Å². The predicted molar refractivity (Wildman–Crippen MR) is 62.0 cm³/mol. The van der Waals surface area contributed by atoms with E-state index in [1.807, 2.05) is 21.6 Å². The molecule has 0 fully saturated rings. The highest BCUT2D eigenvalue weighted by atomic mass is 33.1. The lowest BCUT2D eigenvalue weighted by molar-refractivity contribution is 0.768. The Bertz CT molecular complexity index is 71.5. The van der Waals surface area contributed by atoms with Crippen LogP contribution in [0, 0.1) is 0 Å². The molecule has 0 bridgehead atoms. The molecule has 0 rings (SSSR count). The molecule has 0 aliphatic carbocycles. The smallest absolute Gasteiger partial charge is 0.0162 e. The molecule has 0 aliphatic rings. The normalized spacial score (nSPS) is 10.5. The van der Waals surface area contributed by atoms with Gasteiger partial charge in [0.1, 0.15) is 0 Å². The number of rotatable bonds is 9. The Hall–Kier alpha value is 0.620. The molecule has 0 saturated heterocycles. The summed E-state index contributed by atoms with van der Waals surface area (Å²) in [6.07, 6.45) is 0. The minimum atomic E-state index is 1.09. The first-order valence-corrected chi connectivity index (χ1v) is 7.06. The van der Waals surface area contributed by atoms with Gasteiger partial charge in [0.05, 0.1) is 0 Å². The average Bonchev–Trinajstić information content (AvgIpc) is 2.10. The molecule has 0 heterocycles. The molecule has 0 amide bonds. The maximum absolute atomic E-state index is 3.30. The van der Waals surface area contributed by atoms with Crippen molar-refractivity contribution >= 4 is 21.6 Å². The van der Waals surface area contributed by atoms with E-state index in [9.17, 15) is 0 Å². The largest absolute Gasteiger partial charge is 0.316 e. The van der Waals surface area contributed by atoms with Crippen LogP contribution in [0.3, 0.4) is 0 Å². The average molecular weight is 208 g/mol. The van der Waals surface area contributed by atoms with E-state index in [2.05, 4.69) is 24.5 Å². The molecule has 4 heteroatoms. The maximum Gasteiger partial charge on any atom is 0.0162 e. The molecule has 0 aromatic rings. The Labute approximate surface area is 84.0 Å². The first-order valence-electron chi connectivity index (χ1n) is 4.57. The highest BCUT2D eigenvalue weighted by Crippen LogP contribution is 2.18. The van der Waals surface area contributed by atoms with E-state index >= 15 is 0 Å². The van der Waals surface area contributed by atoms with Gasteiger partial charge in [-0.25, -0.2) is 0 Å². The van der Waals surface area contributed by atoms with Crippen molar-refractivity contribution in [1.29, 1.82) is 0 Å². The minimum Gasteiger partial charge on any atom is -0.316 e. The van der Waals surface area contributed by atoms with Crippen LogP contribution >= 0.6 is 21.6 Å². The summed E-state index contributed by atoms with van der Waals surface area (Å²) in [7, 11) is 3.92. The molecule has 2 N–H and O–H groups in total. The molecule has 0 spiro atoms. The van der Waals surface area contributed by atoms with Crippen LogP contribution in [0.15, 0.2) is 0 Å². The predicted octanol–water partition coefficient (Wildman–Crippen LogP) is 1.59. The summed E-state index contributed by atoms with van der Waals surface area (Å²) in [5.74, 6) is 2.43. The van der Waals surface area contributed by atoms with Crippen LogP contribution in [0.2, 0.25) is 0 Å². The van der Waals surface area contributed by atoms with Crippen LogP contribution in [0.4, 0.5) is 0 Å². The van der Waals surface area contributed by atoms with Crippen LogP contribution in [0.1, 0.15) is 13.8 Å². The summed E-state index contributed by atoms with van der Waals surface area (Å²) in [4.78, 5) is 0.